The van der Waals surface area contributed by atoms with Crippen molar-refractivity contribution in [2.45, 2.75) is 25.7 Å². The Morgan fingerprint density at radius 1 is 1.53 bits per heavy atom. The standard InChI is InChI=1S/C11H18N2O3S/c12-4-3-10-7-13-11(16-10)6-9-2-1-5-17(14,15)8-9/h7,9H,1-6,8,12H2. The molecule has 0 aromatic carbocycles. The van der Waals surface area contributed by atoms with E-state index in [1.807, 2.05) is 0 Å². The van der Waals surface area contributed by atoms with Gasteiger partial charge in [0, 0.05) is 12.8 Å². The van der Waals surface area contributed by atoms with Gasteiger partial charge in [0.15, 0.2) is 15.7 Å². The lowest BCUT2D eigenvalue weighted by Crippen LogP contribution is -2.26. The van der Waals surface area contributed by atoms with Crippen molar-refractivity contribution < 1.29 is 12.8 Å². The Labute approximate surface area is 101 Å². The molecule has 2 rings (SSSR count). The maximum Gasteiger partial charge on any atom is 0.194 e. The third-order valence-corrected chi connectivity index (χ3v) is 4.90. The molecular formula is C11H18N2O3S. The zero-order valence-electron chi connectivity index (χ0n) is 9.76. The number of aromatic nitrogens is 1. The average molecular weight is 258 g/mol. The number of nitrogens with zero attached hydrogens (tertiary/aromatic N) is 1. The van der Waals surface area contributed by atoms with Crippen molar-refractivity contribution in [1.82, 2.24) is 4.98 Å². The number of hydrogen-bond donors (Lipinski definition) is 1. The van der Waals surface area contributed by atoms with Crippen LogP contribution in [0, 0.1) is 5.92 Å². The van der Waals surface area contributed by atoms with Gasteiger partial charge >= 0.3 is 0 Å². The number of oxazole rings is 1. The molecule has 1 fully saturated rings. The van der Waals surface area contributed by atoms with Crippen LogP contribution in [0.1, 0.15) is 24.5 Å². The molecule has 0 aliphatic carbocycles. The Morgan fingerprint density at radius 3 is 3.06 bits per heavy atom. The second-order valence-electron chi connectivity index (χ2n) is 4.59. The molecule has 6 heteroatoms. The van der Waals surface area contributed by atoms with Crippen molar-refractivity contribution in [3.05, 3.63) is 17.8 Å². The van der Waals surface area contributed by atoms with Crippen molar-refractivity contribution in [2.24, 2.45) is 11.7 Å². The minimum atomic E-state index is -2.84. The van der Waals surface area contributed by atoms with E-state index >= 15 is 0 Å². The zero-order valence-corrected chi connectivity index (χ0v) is 10.6. The van der Waals surface area contributed by atoms with Crippen LogP contribution in [0.4, 0.5) is 0 Å². The summed E-state index contributed by atoms with van der Waals surface area (Å²) >= 11 is 0. The predicted molar refractivity (Wildman–Crippen MR) is 64.3 cm³/mol. The van der Waals surface area contributed by atoms with Gasteiger partial charge in [0.2, 0.25) is 0 Å². The Balaban J connectivity index is 1.95. The summed E-state index contributed by atoms with van der Waals surface area (Å²) in [6.45, 7) is 0.534. The highest BCUT2D eigenvalue weighted by Crippen LogP contribution is 2.22. The summed E-state index contributed by atoms with van der Waals surface area (Å²) in [5.41, 5.74) is 5.42. The molecule has 1 aliphatic rings. The summed E-state index contributed by atoms with van der Waals surface area (Å²) < 4.78 is 28.5. The molecule has 17 heavy (non-hydrogen) atoms. The molecule has 5 nitrogen and oxygen atoms in total. The van der Waals surface area contributed by atoms with Crippen LogP contribution in [-0.2, 0) is 22.7 Å². The topological polar surface area (TPSA) is 86.2 Å². The molecule has 0 bridgehead atoms. The first-order valence-electron chi connectivity index (χ1n) is 5.93. The third kappa shape index (κ3) is 3.54. The lowest BCUT2D eigenvalue weighted by molar-refractivity contribution is 0.400. The highest BCUT2D eigenvalue weighted by atomic mass is 32.2. The second-order valence-corrected chi connectivity index (χ2v) is 6.81. The fourth-order valence-corrected chi connectivity index (χ4v) is 4.00. The zero-order chi connectivity index (χ0) is 12.3. The van der Waals surface area contributed by atoms with E-state index in [1.165, 1.54) is 0 Å². The molecule has 1 aromatic heterocycles. The van der Waals surface area contributed by atoms with Crippen LogP contribution in [-0.4, -0.2) is 31.5 Å². The molecule has 0 radical (unpaired) electrons. The Bertz CT molecular complexity index is 467. The number of hydrogen-bond acceptors (Lipinski definition) is 5. The highest BCUT2D eigenvalue weighted by Gasteiger charge is 2.26. The van der Waals surface area contributed by atoms with Gasteiger partial charge in [-0.2, -0.15) is 0 Å². The predicted octanol–water partition coefficient (Wildman–Crippen LogP) is 0.543. The number of nitrogens with two attached hydrogens (primary N) is 1. The Hall–Kier alpha value is -0.880. The SMILES string of the molecule is NCCc1cnc(CC2CCCS(=O)(=O)C2)o1. The van der Waals surface area contributed by atoms with Crippen LogP contribution >= 0.6 is 0 Å². The van der Waals surface area contributed by atoms with Gasteiger partial charge in [-0.1, -0.05) is 0 Å². The molecule has 1 unspecified atom stereocenters. The van der Waals surface area contributed by atoms with Gasteiger partial charge in [0.05, 0.1) is 17.7 Å². The minimum absolute atomic E-state index is 0.151. The lowest BCUT2D eigenvalue weighted by Gasteiger charge is -2.20. The average Bonchev–Trinajstić information content (AvgIpc) is 2.64. The van der Waals surface area contributed by atoms with E-state index in [0.717, 1.165) is 18.6 Å². The van der Waals surface area contributed by atoms with Gasteiger partial charge in [0.1, 0.15) is 5.76 Å². The summed E-state index contributed by atoms with van der Waals surface area (Å²) in [5, 5.41) is 0. The molecule has 0 amide bonds. The fourth-order valence-electron chi connectivity index (χ4n) is 2.23. The van der Waals surface area contributed by atoms with Crippen LogP contribution in [0.15, 0.2) is 10.6 Å². The first-order valence-corrected chi connectivity index (χ1v) is 7.75. The van der Waals surface area contributed by atoms with E-state index in [9.17, 15) is 8.42 Å². The van der Waals surface area contributed by atoms with Gasteiger partial charge in [0.25, 0.3) is 0 Å². The van der Waals surface area contributed by atoms with E-state index in [0.29, 0.717) is 31.0 Å². The summed E-state index contributed by atoms with van der Waals surface area (Å²) in [6.07, 6.45) is 4.66. The van der Waals surface area contributed by atoms with Crippen LogP contribution in [0.5, 0.6) is 0 Å². The van der Waals surface area contributed by atoms with Gasteiger partial charge in [-0.3, -0.25) is 0 Å². The van der Waals surface area contributed by atoms with Crippen molar-refractivity contribution in [2.75, 3.05) is 18.1 Å². The molecular weight excluding hydrogens is 240 g/mol. The third-order valence-electron chi connectivity index (χ3n) is 3.01. The maximum atomic E-state index is 11.5. The summed E-state index contributed by atoms with van der Waals surface area (Å²) in [4.78, 5) is 4.16. The van der Waals surface area contributed by atoms with Crippen LogP contribution in [0.25, 0.3) is 0 Å². The molecule has 0 saturated carbocycles. The van der Waals surface area contributed by atoms with E-state index in [2.05, 4.69) is 4.98 Å². The summed E-state index contributed by atoms with van der Waals surface area (Å²) in [5.74, 6) is 2.16. The number of sulfone groups is 1. The van der Waals surface area contributed by atoms with Gasteiger partial charge in [-0.15, -0.1) is 0 Å². The van der Waals surface area contributed by atoms with E-state index in [1.54, 1.807) is 6.20 Å². The van der Waals surface area contributed by atoms with Crippen molar-refractivity contribution in [3.8, 4) is 0 Å². The van der Waals surface area contributed by atoms with Crippen LogP contribution < -0.4 is 5.73 Å². The van der Waals surface area contributed by atoms with E-state index in [-0.39, 0.29) is 11.7 Å². The summed E-state index contributed by atoms with van der Waals surface area (Å²) in [7, 11) is -2.84. The first kappa shape index (κ1) is 12.6. The second kappa shape index (κ2) is 5.18. The van der Waals surface area contributed by atoms with Gasteiger partial charge in [-0.25, -0.2) is 13.4 Å². The molecule has 0 spiro atoms. The largest absolute Gasteiger partial charge is 0.446 e. The van der Waals surface area contributed by atoms with E-state index < -0.39 is 9.84 Å². The highest BCUT2D eigenvalue weighted by molar-refractivity contribution is 7.91. The Kier molecular flexibility index (Phi) is 3.83. The Morgan fingerprint density at radius 2 is 2.35 bits per heavy atom. The van der Waals surface area contributed by atoms with Gasteiger partial charge in [-0.05, 0) is 25.3 Å². The maximum absolute atomic E-state index is 11.5. The van der Waals surface area contributed by atoms with Crippen LogP contribution in [0.2, 0.25) is 0 Å². The smallest absolute Gasteiger partial charge is 0.194 e. The molecule has 1 aromatic rings. The normalized spacial score (nSPS) is 23.7. The molecule has 2 heterocycles. The lowest BCUT2D eigenvalue weighted by atomic mass is 10.0. The quantitative estimate of drug-likeness (QED) is 0.852. The first-order chi connectivity index (χ1) is 8.09. The van der Waals surface area contributed by atoms with Gasteiger partial charge < -0.3 is 10.2 Å². The van der Waals surface area contributed by atoms with Crippen molar-refractivity contribution >= 4 is 9.84 Å². The van der Waals surface area contributed by atoms with Crippen molar-refractivity contribution in [1.29, 1.82) is 0 Å². The molecule has 2 N–H and O–H groups in total. The molecule has 1 aliphatic heterocycles. The minimum Gasteiger partial charge on any atom is -0.446 e. The molecule has 1 atom stereocenters. The molecule has 96 valence electrons. The monoisotopic (exact) mass is 258 g/mol. The fraction of sp³-hybridized carbons (Fsp3) is 0.727. The number of rotatable bonds is 4. The van der Waals surface area contributed by atoms with Crippen molar-refractivity contribution in [3.63, 3.8) is 0 Å². The summed E-state index contributed by atoms with van der Waals surface area (Å²) in [6, 6.07) is 0. The molecule has 1 saturated heterocycles. The van der Waals surface area contributed by atoms with Crippen LogP contribution in [0.3, 0.4) is 0 Å². The van der Waals surface area contributed by atoms with E-state index in [4.69, 9.17) is 10.2 Å².